The number of rotatable bonds is 3. The number of anilines is 2. The molecule has 106 valence electrons. The molecule has 0 bridgehead atoms. The fourth-order valence-electron chi connectivity index (χ4n) is 1.74. The minimum atomic E-state index is -0.470. The molecular formula is C14H11BrN4O2. The summed E-state index contributed by atoms with van der Waals surface area (Å²) in [6.45, 7) is 0. The highest BCUT2D eigenvalue weighted by Gasteiger charge is 2.16. The van der Waals surface area contributed by atoms with Crippen LogP contribution in [-0.2, 0) is 0 Å². The van der Waals surface area contributed by atoms with E-state index in [2.05, 4.69) is 26.2 Å². The first-order chi connectivity index (χ1) is 10.1. The molecule has 0 fully saturated rings. The molecule has 0 aliphatic heterocycles. The highest BCUT2D eigenvalue weighted by Crippen LogP contribution is 2.29. The lowest BCUT2D eigenvalue weighted by Gasteiger charge is -2.12. The number of para-hydroxylation sites is 1. The smallest absolute Gasteiger partial charge is 0.259 e. The standard InChI is InChI=1S/C14H11BrN4O2/c1-21-11-4-2-3-8(6-16)12(11)19-14(20)10-5-9(15)7-18-13(10)17/h2-5,7H,1H3,(H2,17,18)(H,19,20). The van der Waals surface area contributed by atoms with Gasteiger partial charge in [-0.1, -0.05) is 6.07 Å². The molecule has 0 radical (unpaired) electrons. The number of carbonyl (C=O) groups excluding carboxylic acids is 1. The van der Waals surface area contributed by atoms with Gasteiger partial charge in [0.1, 0.15) is 23.3 Å². The molecule has 1 aromatic heterocycles. The number of carbonyl (C=O) groups is 1. The Morgan fingerprint density at radius 2 is 2.29 bits per heavy atom. The van der Waals surface area contributed by atoms with E-state index in [4.69, 9.17) is 15.7 Å². The van der Waals surface area contributed by atoms with E-state index in [9.17, 15) is 4.79 Å². The molecule has 0 atom stereocenters. The van der Waals surface area contributed by atoms with Crippen molar-refractivity contribution < 1.29 is 9.53 Å². The maximum atomic E-state index is 12.3. The Hall–Kier alpha value is -2.59. The van der Waals surface area contributed by atoms with Crippen LogP contribution in [0.4, 0.5) is 11.5 Å². The number of hydrogen-bond acceptors (Lipinski definition) is 5. The molecule has 3 N–H and O–H groups in total. The second kappa shape index (κ2) is 6.24. The van der Waals surface area contributed by atoms with Crippen molar-refractivity contribution >= 4 is 33.3 Å². The number of nitriles is 1. The SMILES string of the molecule is COc1cccc(C#N)c1NC(=O)c1cc(Br)cnc1N. The van der Waals surface area contributed by atoms with Crippen molar-refractivity contribution in [3.05, 3.63) is 46.1 Å². The zero-order valence-electron chi connectivity index (χ0n) is 11.1. The van der Waals surface area contributed by atoms with Crippen molar-refractivity contribution in [2.45, 2.75) is 0 Å². The molecule has 0 aliphatic rings. The van der Waals surface area contributed by atoms with Gasteiger partial charge in [-0.2, -0.15) is 5.26 Å². The summed E-state index contributed by atoms with van der Waals surface area (Å²) in [5.74, 6) is 0.0235. The molecule has 21 heavy (non-hydrogen) atoms. The van der Waals surface area contributed by atoms with E-state index in [-0.39, 0.29) is 11.4 Å². The van der Waals surface area contributed by atoms with Crippen LogP contribution >= 0.6 is 15.9 Å². The van der Waals surface area contributed by atoms with E-state index in [1.54, 1.807) is 24.3 Å². The average Bonchev–Trinajstić information content (AvgIpc) is 2.49. The Labute approximate surface area is 129 Å². The Kier molecular flexibility index (Phi) is 4.40. The monoisotopic (exact) mass is 346 g/mol. The van der Waals surface area contributed by atoms with Crippen molar-refractivity contribution in [3.63, 3.8) is 0 Å². The van der Waals surface area contributed by atoms with Gasteiger partial charge in [-0.25, -0.2) is 4.98 Å². The van der Waals surface area contributed by atoms with Gasteiger partial charge < -0.3 is 15.8 Å². The second-order valence-electron chi connectivity index (χ2n) is 4.04. The molecule has 0 spiro atoms. The minimum Gasteiger partial charge on any atom is -0.495 e. The van der Waals surface area contributed by atoms with Crippen LogP contribution in [0, 0.1) is 11.3 Å². The predicted octanol–water partition coefficient (Wildman–Crippen LogP) is 2.56. The Morgan fingerprint density at radius 3 is 2.95 bits per heavy atom. The van der Waals surface area contributed by atoms with E-state index < -0.39 is 5.91 Å². The summed E-state index contributed by atoms with van der Waals surface area (Å²) in [4.78, 5) is 16.2. The topological polar surface area (TPSA) is 101 Å². The van der Waals surface area contributed by atoms with Gasteiger partial charge in [-0.05, 0) is 34.1 Å². The van der Waals surface area contributed by atoms with Gasteiger partial charge in [-0.3, -0.25) is 4.79 Å². The zero-order valence-corrected chi connectivity index (χ0v) is 12.6. The van der Waals surface area contributed by atoms with E-state index in [1.807, 2.05) is 6.07 Å². The van der Waals surface area contributed by atoms with Crippen LogP contribution < -0.4 is 15.8 Å². The summed E-state index contributed by atoms with van der Waals surface area (Å²) >= 11 is 3.23. The number of nitrogens with one attached hydrogen (secondary N) is 1. The average molecular weight is 347 g/mol. The molecule has 2 rings (SSSR count). The number of halogens is 1. The maximum Gasteiger partial charge on any atom is 0.259 e. The van der Waals surface area contributed by atoms with Gasteiger partial charge in [0.2, 0.25) is 0 Å². The van der Waals surface area contributed by atoms with E-state index in [0.717, 1.165) is 0 Å². The summed E-state index contributed by atoms with van der Waals surface area (Å²) in [5, 5.41) is 11.8. The van der Waals surface area contributed by atoms with Crippen molar-refractivity contribution in [1.29, 1.82) is 5.26 Å². The number of amides is 1. The number of nitrogens with two attached hydrogens (primary N) is 1. The third-order valence-corrected chi connectivity index (χ3v) is 3.17. The number of aromatic nitrogens is 1. The summed E-state index contributed by atoms with van der Waals surface area (Å²) in [6, 6.07) is 8.46. The highest BCUT2D eigenvalue weighted by atomic mass is 79.9. The van der Waals surface area contributed by atoms with E-state index in [0.29, 0.717) is 21.5 Å². The quantitative estimate of drug-likeness (QED) is 0.889. The van der Waals surface area contributed by atoms with Crippen molar-refractivity contribution in [3.8, 4) is 11.8 Å². The Balaban J connectivity index is 2.41. The van der Waals surface area contributed by atoms with Gasteiger partial charge in [0.15, 0.2) is 0 Å². The number of ether oxygens (including phenoxy) is 1. The second-order valence-corrected chi connectivity index (χ2v) is 4.95. The first kappa shape index (κ1) is 14.8. The lowest BCUT2D eigenvalue weighted by molar-refractivity contribution is 0.102. The number of nitrogens with zero attached hydrogens (tertiary/aromatic N) is 2. The molecule has 1 aromatic carbocycles. The minimum absolute atomic E-state index is 0.101. The van der Waals surface area contributed by atoms with Gasteiger partial charge in [0.05, 0.1) is 18.2 Å². The third kappa shape index (κ3) is 3.12. The molecule has 0 unspecified atom stereocenters. The van der Waals surface area contributed by atoms with Gasteiger partial charge in [0, 0.05) is 10.7 Å². The normalized spacial score (nSPS) is 9.76. The van der Waals surface area contributed by atoms with Gasteiger partial charge in [-0.15, -0.1) is 0 Å². The molecule has 0 aliphatic carbocycles. The third-order valence-electron chi connectivity index (χ3n) is 2.73. The molecule has 1 amide bonds. The summed E-state index contributed by atoms with van der Waals surface area (Å²) in [5.41, 5.74) is 6.50. The fraction of sp³-hybridized carbons (Fsp3) is 0.0714. The first-order valence-corrected chi connectivity index (χ1v) is 6.65. The van der Waals surface area contributed by atoms with Crippen LogP contribution in [0.2, 0.25) is 0 Å². The van der Waals surface area contributed by atoms with E-state index in [1.165, 1.54) is 13.3 Å². The highest BCUT2D eigenvalue weighted by molar-refractivity contribution is 9.10. The first-order valence-electron chi connectivity index (χ1n) is 5.86. The Morgan fingerprint density at radius 1 is 1.52 bits per heavy atom. The van der Waals surface area contributed by atoms with Crippen LogP contribution in [0.15, 0.2) is 34.9 Å². The number of methoxy groups -OCH3 is 1. The number of pyridine rings is 1. The predicted molar refractivity (Wildman–Crippen MR) is 82.0 cm³/mol. The molecule has 7 heteroatoms. The Bertz CT molecular complexity index is 740. The van der Waals surface area contributed by atoms with Gasteiger partial charge in [0.25, 0.3) is 5.91 Å². The molecule has 1 heterocycles. The number of hydrogen-bond donors (Lipinski definition) is 2. The number of benzene rings is 1. The molecule has 2 aromatic rings. The molecule has 0 saturated heterocycles. The molecule has 0 saturated carbocycles. The summed E-state index contributed by atoms with van der Waals surface area (Å²) in [7, 11) is 1.46. The van der Waals surface area contributed by atoms with Crippen LogP contribution in [0.25, 0.3) is 0 Å². The molecule has 6 nitrogen and oxygen atoms in total. The lowest BCUT2D eigenvalue weighted by Crippen LogP contribution is -2.16. The van der Waals surface area contributed by atoms with Crippen LogP contribution in [0.5, 0.6) is 5.75 Å². The fourth-order valence-corrected chi connectivity index (χ4v) is 2.07. The van der Waals surface area contributed by atoms with Crippen molar-refractivity contribution in [2.24, 2.45) is 0 Å². The van der Waals surface area contributed by atoms with Crippen LogP contribution in [0.3, 0.4) is 0 Å². The van der Waals surface area contributed by atoms with Gasteiger partial charge >= 0.3 is 0 Å². The van der Waals surface area contributed by atoms with Crippen molar-refractivity contribution in [2.75, 3.05) is 18.2 Å². The van der Waals surface area contributed by atoms with E-state index >= 15 is 0 Å². The summed E-state index contributed by atoms with van der Waals surface area (Å²) < 4.78 is 5.78. The summed E-state index contributed by atoms with van der Waals surface area (Å²) in [6.07, 6.45) is 1.50. The number of nitrogen functional groups attached to an aromatic ring is 1. The van der Waals surface area contributed by atoms with Crippen LogP contribution in [0.1, 0.15) is 15.9 Å². The maximum absolute atomic E-state index is 12.3. The zero-order chi connectivity index (χ0) is 15.4. The van der Waals surface area contributed by atoms with Crippen molar-refractivity contribution in [1.82, 2.24) is 4.98 Å². The largest absolute Gasteiger partial charge is 0.495 e. The lowest BCUT2D eigenvalue weighted by atomic mass is 10.1. The van der Waals surface area contributed by atoms with Crippen LogP contribution in [-0.4, -0.2) is 18.0 Å². The molecular weight excluding hydrogens is 336 g/mol.